The predicted molar refractivity (Wildman–Crippen MR) is 65.0 cm³/mol. The zero-order chi connectivity index (χ0) is 13.5. The van der Waals surface area contributed by atoms with Crippen LogP contribution in [0.2, 0.25) is 0 Å². The third kappa shape index (κ3) is 3.40. The molecule has 1 unspecified atom stereocenters. The molecule has 0 aliphatic heterocycles. The van der Waals surface area contributed by atoms with Crippen molar-refractivity contribution in [3.05, 3.63) is 27.9 Å². The van der Waals surface area contributed by atoms with Crippen LogP contribution in [0.3, 0.4) is 0 Å². The molecule has 1 rings (SSSR count). The van der Waals surface area contributed by atoms with Gasteiger partial charge in [0.25, 0.3) is 0 Å². The van der Waals surface area contributed by atoms with Gasteiger partial charge in [-0.05, 0) is 25.8 Å². The number of hydrogen-bond donors (Lipinski definition) is 2. The third-order valence-electron chi connectivity index (χ3n) is 2.41. The first-order valence-corrected chi connectivity index (χ1v) is 5.51. The van der Waals surface area contributed by atoms with E-state index >= 15 is 0 Å². The molecule has 1 atom stereocenters. The molecule has 0 fully saturated rings. The zero-order valence-corrected chi connectivity index (χ0v) is 9.96. The lowest BCUT2D eigenvalue weighted by atomic mass is 10.1. The van der Waals surface area contributed by atoms with Crippen LogP contribution in [-0.2, 0) is 0 Å². The fourth-order valence-electron chi connectivity index (χ4n) is 1.54. The molecule has 7 nitrogen and oxygen atoms in total. The Morgan fingerprint density at radius 3 is 3.00 bits per heavy atom. The van der Waals surface area contributed by atoms with Gasteiger partial charge in [-0.25, -0.2) is 4.98 Å². The topological polar surface area (TPSA) is 112 Å². The van der Waals surface area contributed by atoms with Crippen LogP contribution in [0.1, 0.15) is 25.3 Å². The lowest BCUT2D eigenvalue weighted by Gasteiger charge is -2.13. The fourth-order valence-corrected chi connectivity index (χ4v) is 1.54. The molecule has 0 saturated carbocycles. The van der Waals surface area contributed by atoms with E-state index in [1.165, 1.54) is 12.3 Å². The summed E-state index contributed by atoms with van der Waals surface area (Å²) in [5, 5.41) is 31.4. The second-order valence-electron chi connectivity index (χ2n) is 3.84. The minimum Gasteiger partial charge on any atom is -0.396 e. The Labute approximate surface area is 104 Å². The summed E-state index contributed by atoms with van der Waals surface area (Å²) in [7, 11) is 0. The number of hydrogen-bond acceptors (Lipinski definition) is 6. The number of rotatable bonds is 6. The largest absolute Gasteiger partial charge is 0.396 e. The SMILES string of the molecule is CC(CCCO)Nc1nccc(C#N)c1[N+](=O)[O-]. The van der Waals surface area contributed by atoms with Crippen LogP contribution in [0.5, 0.6) is 0 Å². The minimum atomic E-state index is -0.618. The summed E-state index contributed by atoms with van der Waals surface area (Å²) in [6.07, 6.45) is 2.61. The monoisotopic (exact) mass is 250 g/mol. The molecule has 0 amide bonds. The first-order chi connectivity index (χ1) is 8.60. The Kier molecular flexibility index (Phi) is 5.02. The molecule has 0 aliphatic rings. The predicted octanol–water partition coefficient (Wildman–Crippen LogP) is 1.43. The number of anilines is 1. The Morgan fingerprint density at radius 1 is 1.72 bits per heavy atom. The van der Waals surface area contributed by atoms with Crippen LogP contribution in [0.4, 0.5) is 11.5 Å². The number of aliphatic hydroxyl groups is 1. The van der Waals surface area contributed by atoms with Crippen molar-refractivity contribution in [3.8, 4) is 6.07 Å². The summed E-state index contributed by atoms with van der Waals surface area (Å²) in [5.74, 6) is 0.0875. The Bertz CT molecular complexity index is 470. The van der Waals surface area contributed by atoms with Crippen molar-refractivity contribution in [1.29, 1.82) is 5.26 Å². The van der Waals surface area contributed by atoms with Gasteiger partial charge in [-0.2, -0.15) is 5.26 Å². The molecular weight excluding hydrogens is 236 g/mol. The highest BCUT2D eigenvalue weighted by molar-refractivity contribution is 5.64. The van der Waals surface area contributed by atoms with Gasteiger partial charge in [0.15, 0.2) is 0 Å². The summed E-state index contributed by atoms with van der Waals surface area (Å²) in [5.41, 5.74) is -0.331. The second-order valence-corrected chi connectivity index (χ2v) is 3.84. The molecule has 7 heteroatoms. The van der Waals surface area contributed by atoms with Crippen LogP contribution < -0.4 is 5.32 Å². The molecule has 0 aromatic carbocycles. The van der Waals surface area contributed by atoms with Gasteiger partial charge in [0.2, 0.25) is 5.82 Å². The normalized spacial score (nSPS) is 11.6. The Balaban J connectivity index is 2.95. The highest BCUT2D eigenvalue weighted by atomic mass is 16.6. The molecule has 18 heavy (non-hydrogen) atoms. The number of nitrogens with zero attached hydrogens (tertiary/aromatic N) is 3. The van der Waals surface area contributed by atoms with E-state index in [9.17, 15) is 10.1 Å². The average Bonchev–Trinajstić information content (AvgIpc) is 2.35. The van der Waals surface area contributed by atoms with E-state index in [0.29, 0.717) is 12.8 Å². The van der Waals surface area contributed by atoms with E-state index in [1.54, 1.807) is 6.07 Å². The van der Waals surface area contributed by atoms with Gasteiger partial charge in [-0.1, -0.05) is 0 Å². The molecule has 1 aromatic heterocycles. The van der Waals surface area contributed by atoms with Crippen molar-refractivity contribution in [3.63, 3.8) is 0 Å². The number of aromatic nitrogens is 1. The van der Waals surface area contributed by atoms with Crippen molar-refractivity contribution in [2.75, 3.05) is 11.9 Å². The summed E-state index contributed by atoms with van der Waals surface area (Å²) in [4.78, 5) is 14.2. The molecule has 0 bridgehead atoms. The van der Waals surface area contributed by atoms with Crippen LogP contribution in [0.25, 0.3) is 0 Å². The number of nitrogens with one attached hydrogen (secondary N) is 1. The highest BCUT2D eigenvalue weighted by Crippen LogP contribution is 2.26. The molecule has 96 valence electrons. The lowest BCUT2D eigenvalue weighted by molar-refractivity contribution is -0.384. The Morgan fingerprint density at radius 2 is 2.44 bits per heavy atom. The number of pyridine rings is 1. The van der Waals surface area contributed by atoms with Gasteiger partial charge < -0.3 is 10.4 Å². The first kappa shape index (κ1) is 13.9. The molecule has 0 saturated heterocycles. The third-order valence-corrected chi connectivity index (χ3v) is 2.41. The minimum absolute atomic E-state index is 0.0214. The maximum Gasteiger partial charge on any atom is 0.328 e. The number of nitro groups is 1. The zero-order valence-electron chi connectivity index (χ0n) is 9.96. The second kappa shape index (κ2) is 6.51. The van der Waals surface area contributed by atoms with E-state index in [4.69, 9.17) is 10.4 Å². The van der Waals surface area contributed by atoms with Crippen molar-refractivity contribution >= 4 is 11.5 Å². The highest BCUT2D eigenvalue weighted by Gasteiger charge is 2.21. The van der Waals surface area contributed by atoms with E-state index in [1.807, 2.05) is 6.92 Å². The summed E-state index contributed by atoms with van der Waals surface area (Å²) >= 11 is 0. The van der Waals surface area contributed by atoms with Crippen LogP contribution in [-0.4, -0.2) is 27.7 Å². The Hall–Kier alpha value is -2.20. The van der Waals surface area contributed by atoms with Crippen molar-refractivity contribution < 1.29 is 10.0 Å². The average molecular weight is 250 g/mol. The van der Waals surface area contributed by atoms with Gasteiger partial charge in [0.05, 0.1) is 4.92 Å². The summed E-state index contributed by atoms with van der Waals surface area (Å²) in [6.45, 7) is 1.90. The molecule has 0 aliphatic carbocycles. The van der Waals surface area contributed by atoms with Gasteiger partial charge >= 0.3 is 5.69 Å². The van der Waals surface area contributed by atoms with Crippen molar-refractivity contribution in [2.24, 2.45) is 0 Å². The van der Waals surface area contributed by atoms with Crippen molar-refractivity contribution in [2.45, 2.75) is 25.8 Å². The summed E-state index contributed by atoms with van der Waals surface area (Å²) < 4.78 is 0. The van der Waals surface area contributed by atoms with E-state index in [2.05, 4.69) is 10.3 Å². The smallest absolute Gasteiger partial charge is 0.328 e. The van der Waals surface area contributed by atoms with Gasteiger partial charge in [-0.15, -0.1) is 0 Å². The molecule has 0 radical (unpaired) electrons. The van der Waals surface area contributed by atoms with Gasteiger partial charge in [0, 0.05) is 18.8 Å². The van der Waals surface area contributed by atoms with Crippen molar-refractivity contribution in [1.82, 2.24) is 4.98 Å². The van der Waals surface area contributed by atoms with Crippen LogP contribution in [0, 0.1) is 21.4 Å². The van der Waals surface area contributed by atoms with Gasteiger partial charge in [-0.3, -0.25) is 10.1 Å². The fraction of sp³-hybridized carbons (Fsp3) is 0.455. The van der Waals surface area contributed by atoms with Crippen LogP contribution in [0.15, 0.2) is 12.3 Å². The lowest BCUT2D eigenvalue weighted by Crippen LogP contribution is -2.17. The molecule has 1 aromatic rings. The van der Waals surface area contributed by atoms with E-state index < -0.39 is 4.92 Å². The molecule has 2 N–H and O–H groups in total. The van der Waals surface area contributed by atoms with E-state index in [-0.39, 0.29) is 29.7 Å². The quantitative estimate of drug-likeness (QED) is 0.583. The number of nitriles is 1. The standard InChI is InChI=1S/C11H14N4O3/c1-8(3-2-6-16)14-11-10(15(17)18)9(7-12)4-5-13-11/h4-5,8,16H,2-3,6H2,1H3,(H,13,14). The first-order valence-electron chi connectivity index (χ1n) is 5.51. The van der Waals surface area contributed by atoms with Crippen LogP contribution >= 0.6 is 0 Å². The number of aliphatic hydroxyl groups excluding tert-OH is 1. The van der Waals surface area contributed by atoms with Gasteiger partial charge in [0.1, 0.15) is 11.6 Å². The maximum atomic E-state index is 10.9. The maximum absolute atomic E-state index is 10.9. The van der Waals surface area contributed by atoms with E-state index in [0.717, 1.165) is 0 Å². The molecular formula is C11H14N4O3. The molecule has 1 heterocycles. The molecule has 0 spiro atoms. The summed E-state index contributed by atoms with van der Waals surface area (Å²) in [6, 6.07) is 3.01.